The molecular formula is C8H14O3S. The fourth-order valence-corrected chi connectivity index (χ4v) is 2.49. The van der Waals surface area contributed by atoms with Gasteiger partial charge >= 0.3 is 5.97 Å². The standard InChI is InChI=1S/C8H14O3S/c1-3-12-6-4-7(10)11-8(6)5(2)9/h5-6,8-9H,3-4H2,1-2H3/t5-,6?,8-/m0/s1. The number of thioether (sulfide) groups is 1. The Kier molecular flexibility index (Phi) is 3.40. The van der Waals surface area contributed by atoms with E-state index in [2.05, 4.69) is 0 Å². The van der Waals surface area contributed by atoms with Crippen molar-refractivity contribution in [2.45, 2.75) is 37.7 Å². The number of cyclic esters (lactones) is 1. The van der Waals surface area contributed by atoms with Crippen molar-refractivity contribution in [3.05, 3.63) is 0 Å². The molecule has 0 radical (unpaired) electrons. The number of aliphatic hydroxyl groups is 1. The molecule has 1 N–H and O–H groups in total. The summed E-state index contributed by atoms with van der Waals surface area (Å²) in [6.45, 7) is 3.69. The molecule has 12 heavy (non-hydrogen) atoms. The van der Waals surface area contributed by atoms with Gasteiger partial charge in [0.05, 0.1) is 17.8 Å². The topological polar surface area (TPSA) is 46.5 Å². The van der Waals surface area contributed by atoms with Gasteiger partial charge in [-0.15, -0.1) is 0 Å². The van der Waals surface area contributed by atoms with Gasteiger partial charge in [0, 0.05) is 0 Å². The molecule has 1 heterocycles. The maximum Gasteiger partial charge on any atom is 0.307 e. The molecule has 1 saturated heterocycles. The van der Waals surface area contributed by atoms with Crippen molar-refractivity contribution < 1.29 is 14.6 Å². The van der Waals surface area contributed by atoms with E-state index in [0.29, 0.717) is 6.42 Å². The quantitative estimate of drug-likeness (QED) is 0.669. The lowest BCUT2D eigenvalue weighted by molar-refractivity contribution is -0.144. The predicted molar refractivity (Wildman–Crippen MR) is 48.1 cm³/mol. The van der Waals surface area contributed by atoms with Crippen molar-refractivity contribution in [2.75, 3.05) is 5.75 Å². The average Bonchev–Trinajstić information content (AvgIpc) is 2.32. The summed E-state index contributed by atoms with van der Waals surface area (Å²) < 4.78 is 4.98. The molecule has 0 aliphatic carbocycles. The second kappa shape index (κ2) is 4.14. The summed E-state index contributed by atoms with van der Waals surface area (Å²) >= 11 is 1.67. The molecular weight excluding hydrogens is 176 g/mol. The van der Waals surface area contributed by atoms with Crippen molar-refractivity contribution >= 4 is 17.7 Å². The highest BCUT2D eigenvalue weighted by molar-refractivity contribution is 7.99. The van der Waals surface area contributed by atoms with Crippen LogP contribution in [-0.2, 0) is 9.53 Å². The van der Waals surface area contributed by atoms with Crippen LogP contribution >= 0.6 is 11.8 Å². The molecule has 3 nitrogen and oxygen atoms in total. The normalized spacial score (nSPS) is 31.8. The van der Waals surface area contributed by atoms with Gasteiger partial charge < -0.3 is 9.84 Å². The number of carbonyl (C=O) groups is 1. The molecule has 0 aromatic rings. The zero-order chi connectivity index (χ0) is 9.14. The van der Waals surface area contributed by atoms with E-state index in [1.807, 2.05) is 6.92 Å². The average molecular weight is 190 g/mol. The minimum atomic E-state index is -0.555. The van der Waals surface area contributed by atoms with Crippen molar-refractivity contribution in [2.24, 2.45) is 0 Å². The molecule has 1 aliphatic rings. The molecule has 0 bridgehead atoms. The summed E-state index contributed by atoms with van der Waals surface area (Å²) in [5, 5.41) is 9.42. The van der Waals surface area contributed by atoms with Gasteiger partial charge in [-0.3, -0.25) is 4.79 Å². The minimum Gasteiger partial charge on any atom is -0.458 e. The van der Waals surface area contributed by atoms with E-state index in [0.717, 1.165) is 5.75 Å². The van der Waals surface area contributed by atoms with E-state index in [1.54, 1.807) is 18.7 Å². The number of hydrogen-bond donors (Lipinski definition) is 1. The van der Waals surface area contributed by atoms with Gasteiger partial charge in [0.2, 0.25) is 0 Å². The van der Waals surface area contributed by atoms with E-state index < -0.39 is 6.10 Å². The first-order chi connectivity index (χ1) is 5.65. The maximum atomic E-state index is 10.9. The Morgan fingerprint density at radius 3 is 3.00 bits per heavy atom. The molecule has 0 aromatic carbocycles. The van der Waals surface area contributed by atoms with Crippen LogP contribution in [0.5, 0.6) is 0 Å². The SMILES string of the molecule is CCSC1CC(=O)O[C@H]1[C@H](C)O. The van der Waals surface area contributed by atoms with E-state index in [4.69, 9.17) is 4.74 Å². The third kappa shape index (κ3) is 2.14. The molecule has 4 heteroatoms. The zero-order valence-corrected chi connectivity index (χ0v) is 8.13. The number of carbonyl (C=O) groups excluding carboxylic acids is 1. The maximum absolute atomic E-state index is 10.9. The smallest absolute Gasteiger partial charge is 0.307 e. The van der Waals surface area contributed by atoms with Crippen LogP contribution in [0.15, 0.2) is 0 Å². The second-order valence-corrected chi connectivity index (χ2v) is 4.41. The van der Waals surface area contributed by atoms with Crippen molar-refractivity contribution in [1.82, 2.24) is 0 Å². The molecule has 0 saturated carbocycles. The summed E-state index contributed by atoms with van der Waals surface area (Å²) in [6.07, 6.45) is -0.420. The Labute approximate surface area is 76.5 Å². The van der Waals surface area contributed by atoms with Gasteiger partial charge in [-0.2, -0.15) is 11.8 Å². The lowest BCUT2D eigenvalue weighted by Gasteiger charge is -2.18. The van der Waals surface area contributed by atoms with Crippen LogP contribution in [0.4, 0.5) is 0 Å². The lowest BCUT2D eigenvalue weighted by atomic mass is 10.1. The van der Waals surface area contributed by atoms with Gasteiger partial charge in [-0.1, -0.05) is 6.92 Å². The first kappa shape index (κ1) is 9.86. The highest BCUT2D eigenvalue weighted by atomic mass is 32.2. The molecule has 1 unspecified atom stereocenters. The van der Waals surface area contributed by atoms with Crippen molar-refractivity contribution in [3.63, 3.8) is 0 Å². The van der Waals surface area contributed by atoms with E-state index in [-0.39, 0.29) is 17.3 Å². The van der Waals surface area contributed by atoms with E-state index in [9.17, 15) is 9.90 Å². The summed E-state index contributed by atoms with van der Waals surface area (Å²) in [5.41, 5.74) is 0. The summed E-state index contributed by atoms with van der Waals surface area (Å²) in [7, 11) is 0. The Morgan fingerprint density at radius 1 is 1.83 bits per heavy atom. The predicted octanol–water partition coefficient (Wildman–Crippen LogP) is 0.804. The van der Waals surface area contributed by atoms with Crippen LogP contribution < -0.4 is 0 Å². The number of hydrogen-bond acceptors (Lipinski definition) is 4. The molecule has 1 rings (SSSR count). The second-order valence-electron chi connectivity index (χ2n) is 2.89. The monoisotopic (exact) mass is 190 g/mol. The Morgan fingerprint density at radius 2 is 2.50 bits per heavy atom. The first-order valence-corrected chi connectivity index (χ1v) is 5.19. The van der Waals surface area contributed by atoms with Crippen LogP contribution in [0.2, 0.25) is 0 Å². The minimum absolute atomic E-state index is 0.141. The number of ether oxygens (including phenoxy) is 1. The van der Waals surface area contributed by atoms with Crippen LogP contribution in [0.25, 0.3) is 0 Å². The van der Waals surface area contributed by atoms with Gasteiger partial charge in [0.25, 0.3) is 0 Å². The van der Waals surface area contributed by atoms with Gasteiger partial charge in [0.15, 0.2) is 0 Å². The molecule has 0 spiro atoms. The van der Waals surface area contributed by atoms with Crippen LogP contribution in [0.1, 0.15) is 20.3 Å². The Hall–Kier alpha value is -0.220. The molecule has 0 aromatic heterocycles. The first-order valence-electron chi connectivity index (χ1n) is 4.14. The fourth-order valence-electron chi connectivity index (χ4n) is 1.33. The third-order valence-electron chi connectivity index (χ3n) is 1.86. The van der Waals surface area contributed by atoms with Crippen LogP contribution in [0.3, 0.4) is 0 Å². The fraction of sp³-hybridized carbons (Fsp3) is 0.875. The zero-order valence-electron chi connectivity index (χ0n) is 7.32. The number of esters is 1. The van der Waals surface area contributed by atoms with Crippen molar-refractivity contribution in [1.29, 1.82) is 0 Å². The van der Waals surface area contributed by atoms with Crippen molar-refractivity contribution in [3.8, 4) is 0 Å². The van der Waals surface area contributed by atoms with Crippen LogP contribution in [0, 0.1) is 0 Å². The van der Waals surface area contributed by atoms with Gasteiger partial charge in [-0.25, -0.2) is 0 Å². The number of aliphatic hydroxyl groups excluding tert-OH is 1. The Bertz CT molecular complexity index is 170. The van der Waals surface area contributed by atoms with Gasteiger partial charge in [0.1, 0.15) is 6.10 Å². The highest BCUT2D eigenvalue weighted by Crippen LogP contribution is 2.28. The molecule has 0 amide bonds. The van der Waals surface area contributed by atoms with E-state index >= 15 is 0 Å². The molecule has 70 valence electrons. The Balaban J connectivity index is 2.53. The summed E-state index contributed by atoms with van der Waals surface area (Å²) in [6, 6.07) is 0. The summed E-state index contributed by atoms with van der Waals surface area (Å²) in [5.74, 6) is 0.761. The third-order valence-corrected chi connectivity index (χ3v) is 3.05. The lowest BCUT2D eigenvalue weighted by Crippen LogP contribution is -2.30. The highest BCUT2D eigenvalue weighted by Gasteiger charge is 2.37. The number of rotatable bonds is 3. The summed E-state index contributed by atoms with van der Waals surface area (Å²) in [4.78, 5) is 10.9. The van der Waals surface area contributed by atoms with Gasteiger partial charge in [-0.05, 0) is 12.7 Å². The molecule has 3 atom stereocenters. The largest absolute Gasteiger partial charge is 0.458 e. The molecule has 1 fully saturated rings. The van der Waals surface area contributed by atoms with E-state index in [1.165, 1.54) is 0 Å². The molecule has 1 aliphatic heterocycles. The van der Waals surface area contributed by atoms with Crippen LogP contribution in [-0.4, -0.2) is 34.3 Å².